The molecule has 1 aromatic rings. The highest BCUT2D eigenvalue weighted by atomic mass is 79.9. The van der Waals surface area contributed by atoms with Gasteiger partial charge in [0.05, 0.1) is 0 Å². The molecule has 17 heavy (non-hydrogen) atoms. The van der Waals surface area contributed by atoms with E-state index in [1.165, 1.54) is 0 Å². The Morgan fingerprint density at radius 1 is 1.29 bits per heavy atom. The van der Waals surface area contributed by atoms with Crippen molar-refractivity contribution in [3.8, 4) is 0 Å². The van der Waals surface area contributed by atoms with Crippen LogP contribution in [-0.2, 0) is 4.74 Å². The molecule has 0 aromatic heterocycles. The first kappa shape index (κ1) is 12.6. The minimum atomic E-state index is -0.137. The number of carbonyl (C=O) groups excluding carboxylic acids is 1. The maximum Gasteiger partial charge on any atom is 0.251 e. The number of benzene rings is 1. The van der Waals surface area contributed by atoms with Crippen LogP contribution >= 0.6 is 15.9 Å². The molecule has 3 nitrogen and oxygen atoms in total. The SMILES string of the molecule is CC1(NC(=O)c2ccc(Br)cc2)CCOCC1. The minimum Gasteiger partial charge on any atom is -0.381 e. The van der Waals surface area contributed by atoms with Crippen molar-refractivity contribution in [2.24, 2.45) is 0 Å². The molecule has 1 amide bonds. The van der Waals surface area contributed by atoms with Crippen molar-refractivity contribution in [3.63, 3.8) is 0 Å². The summed E-state index contributed by atoms with van der Waals surface area (Å²) in [5, 5.41) is 3.10. The van der Waals surface area contributed by atoms with E-state index >= 15 is 0 Å². The molecular formula is C13H16BrNO2. The fraction of sp³-hybridized carbons (Fsp3) is 0.462. The van der Waals surface area contributed by atoms with Crippen molar-refractivity contribution in [1.29, 1.82) is 0 Å². The lowest BCUT2D eigenvalue weighted by Gasteiger charge is -2.34. The predicted octanol–water partition coefficient (Wildman–Crippen LogP) is 2.75. The molecule has 0 atom stereocenters. The van der Waals surface area contributed by atoms with E-state index in [0.717, 1.165) is 30.5 Å². The molecular weight excluding hydrogens is 282 g/mol. The Morgan fingerprint density at radius 2 is 1.88 bits per heavy atom. The second kappa shape index (κ2) is 5.19. The van der Waals surface area contributed by atoms with Crippen LogP contribution in [-0.4, -0.2) is 24.7 Å². The maximum atomic E-state index is 12.1. The van der Waals surface area contributed by atoms with Crippen LogP contribution in [0.2, 0.25) is 0 Å². The topological polar surface area (TPSA) is 38.3 Å². The van der Waals surface area contributed by atoms with Gasteiger partial charge in [0.25, 0.3) is 5.91 Å². The summed E-state index contributed by atoms with van der Waals surface area (Å²) in [5.41, 5.74) is 0.559. The van der Waals surface area contributed by atoms with Gasteiger partial charge in [0.2, 0.25) is 0 Å². The van der Waals surface area contributed by atoms with Gasteiger partial charge in [-0.05, 0) is 44.0 Å². The quantitative estimate of drug-likeness (QED) is 0.911. The number of amides is 1. The Labute approximate surface area is 110 Å². The van der Waals surface area contributed by atoms with Crippen molar-refractivity contribution in [2.45, 2.75) is 25.3 Å². The molecule has 0 unspecified atom stereocenters. The molecule has 0 bridgehead atoms. The highest BCUT2D eigenvalue weighted by Gasteiger charge is 2.29. The average molecular weight is 298 g/mol. The van der Waals surface area contributed by atoms with Gasteiger partial charge in [-0.3, -0.25) is 4.79 Å². The third-order valence-electron chi connectivity index (χ3n) is 3.12. The minimum absolute atomic E-state index is 0.0121. The molecule has 0 saturated carbocycles. The van der Waals surface area contributed by atoms with Crippen LogP contribution in [0.15, 0.2) is 28.7 Å². The van der Waals surface area contributed by atoms with Crippen molar-refractivity contribution in [3.05, 3.63) is 34.3 Å². The van der Waals surface area contributed by atoms with Crippen molar-refractivity contribution >= 4 is 21.8 Å². The van der Waals surface area contributed by atoms with Crippen LogP contribution in [0.5, 0.6) is 0 Å². The Morgan fingerprint density at radius 3 is 2.47 bits per heavy atom. The summed E-state index contributed by atoms with van der Waals surface area (Å²) in [6, 6.07) is 7.40. The Hall–Kier alpha value is -0.870. The lowest BCUT2D eigenvalue weighted by molar-refractivity contribution is 0.0423. The maximum absolute atomic E-state index is 12.1. The normalized spacial score (nSPS) is 18.7. The number of hydrogen-bond acceptors (Lipinski definition) is 2. The van der Waals surface area contributed by atoms with Crippen LogP contribution in [0, 0.1) is 0 Å². The molecule has 0 spiro atoms. The summed E-state index contributed by atoms with van der Waals surface area (Å²) in [5.74, 6) is -0.0121. The van der Waals surface area contributed by atoms with E-state index in [4.69, 9.17) is 4.74 Å². The Bertz CT molecular complexity index is 396. The highest BCUT2D eigenvalue weighted by Crippen LogP contribution is 2.20. The fourth-order valence-electron chi connectivity index (χ4n) is 1.89. The van der Waals surface area contributed by atoms with Gasteiger partial charge in [0.1, 0.15) is 0 Å². The van der Waals surface area contributed by atoms with Gasteiger partial charge in [-0.25, -0.2) is 0 Å². The third kappa shape index (κ3) is 3.30. The van der Waals surface area contributed by atoms with Gasteiger partial charge in [-0.15, -0.1) is 0 Å². The van der Waals surface area contributed by atoms with Crippen LogP contribution in [0.3, 0.4) is 0 Å². The zero-order valence-corrected chi connectivity index (χ0v) is 11.4. The molecule has 1 heterocycles. The number of hydrogen-bond donors (Lipinski definition) is 1. The first-order chi connectivity index (χ1) is 8.09. The first-order valence-corrected chi connectivity index (χ1v) is 6.54. The van der Waals surface area contributed by atoms with Gasteiger partial charge >= 0.3 is 0 Å². The molecule has 0 radical (unpaired) electrons. The van der Waals surface area contributed by atoms with E-state index in [9.17, 15) is 4.79 Å². The van der Waals surface area contributed by atoms with Crippen LogP contribution in [0.25, 0.3) is 0 Å². The van der Waals surface area contributed by atoms with Gasteiger partial charge in [-0.2, -0.15) is 0 Å². The van der Waals surface area contributed by atoms with Gasteiger partial charge in [-0.1, -0.05) is 15.9 Å². The third-order valence-corrected chi connectivity index (χ3v) is 3.65. The summed E-state index contributed by atoms with van der Waals surface area (Å²) in [6.07, 6.45) is 1.74. The van der Waals surface area contributed by atoms with Crippen molar-refractivity contribution in [1.82, 2.24) is 5.32 Å². The second-order valence-corrected chi connectivity index (χ2v) is 5.55. The number of nitrogens with one attached hydrogen (secondary N) is 1. The molecule has 2 rings (SSSR count). The number of carbonyl (C=O) groups is 1. The monoisotopic (exact) mass is 297 g/mol. The number of ether oxygens (including phenoxy) is 1. The van der Waals surface area contributed by atoms with Crippen LogP contribution < -0.4 is 5.32 Å². The lowest BCUT2D eigenvalue weighted by Crippen LogP contribution is -2.49. The molecule has 1 aliphatic heterocycles. The van der Waals surface area contributed by atoms with Gasteiger partial charge in [0, 0.05) is 28.8 Å². The van der Waals surface area contributed by atoms with Crippen LogP contribution in [0.4, 0.5) is 0 Å². The van der Waals surface area contributed by atoms with Gasteiger partial charge in [0.15, 0.2) is 0 Å². The molecule has 1 fully saturated rings. The van der Waals surface area contributed by atoms with E-state index in [1.54, 1.807) is 0 Å². The first-order valence-electron chi connectivity index (χ1n) is 5.75. The molecule has 92 valence electrons. The van der Waals surface area contributed by atoms with E-state index in [2.05, 4.69) is 28.2 Å². The molecule has 4 heteroatoms. The van der Waals surface area contributed by atoms with Crippen molar-refractivity contribution in [2.75, 3.05) is 13.2 Å². The summed E-state index contributed by atoms with van der Waals surface area (Å²) in [7, 11) is 0. The van der Waals surface area contributed by atoms with E-state index < -0.39 is 0 Å². The molecule has 1 saturated heterocycles. The number of rotatable bonds is 2. The summed E-state index contributed by atoms with van der Waals surface area (Å²) in [4.78, 5) is 12.1. The average Bonchev–Trinajstić information content (AvgIpc) is 2.30. The predicted molar refractivity (Wildman–Crippen MR) is 70.1 cm³/mol. The Balaban J connectivity index is 2.03. The van der Waals surface area contributed by atoms with E-state index in [1.807, 2.05) is 24.3 Å². The van der Waals surface area contributed by atoms with E-state index in [0.29, 0.717) is 5.56 Å². The smallest absolute Gasteiger partial charge is 0.251 e. The Kier molecular flexibility index (Phi) is 3.84. The largest absolute Gasteiger partial charge is 0.381 e. The summed E-state index contributed by atoms with van der Waals surface area (Å²) >= 11 is 3.36. The van der Waals surface area contributed by atoms with Crippen molar-refractivity contribution < 1.29 is 9.53 Å². The molecule has 1 aliphatic rings. The zero-order chi connectivity index (χ0) is 12.3. The fourth-order valence-corrected chi connectivity index (χ4v) is 2.16. The zero-order valence-electron chi connectivity index (χ0n) is 9.83. The summed E-state index contributed by atoms with van der Waals surface area (Å²) in [6.45, 7) is 3.51. The second-order valence-electron chi connectivity index (χ2n) is 4.63. The van der Waals surface area contributed by atoms with E-state index in [-0.39, 0.29) is 11.4 Å². The lowest BCUT2D eigenvalue weighted by atomic mass is 9.92. The molecule has 0 aliphatic carbocycles. The summed E-state index contributed by atoms with van der Waals surface area (Å²) < 4.78 is 6.29. The molecule has 1 aromatic carbocycles. The number of halogens is 1. The van der Waals surface area contributed by atoms with Gasteiger partial charge < -0.3 is 10.1 Å². The molecule has 1 N–H and O–H groups in total. The standard InChI is InChI=1S/C13H16BrNO2/c1-13(6-8-17-9-7-13)15-12(16)10-2-4-11(14)5-3-10/h2-5H,6-9H2,1H3,(H,15,16). The van der Waals surface area contributed by atoms with Crippen LogP contribution in [0.1, 0.15) is 30.1 Å². The highest BCUT2D eigenvalue weighted by molar-refractivity contribution is 9.10.